The summed E-state index contributed by atoms with van der Waals surface area (Å²) in [6.45, 7) is 0.709. The summed E-state index contributed by atoms with van der Waals surface area (Å²) >= 11 is 0. The van der Waals surface area contributed by atoms with E-state index in [4.69, 9.17) is 0 Å². The molecule has 0 bridgehead atoms. The molecule has 0 radical (unpaired) electrons. The Morgan fingerprint density at radius 2 is 1.50 bits per heavy atom. The lowest BCUT2D eigenvalue weighted by Gasteiger charge is -2.37. The number of rotatable bonds is 2. The summed E-state index contributed by atoms with van der Waals surface area (Å²) in [7, 11) is 0. The highest BCUT2D eigenvalue weighted by molar-refractivity contribution is 5.94. The summed E-state index contributed by atoms with van der Waals surface area (Å²) in [6, 6.07) is 27.6. The van der Waals surface area contributed by atoms with Gasteiger partial charge in [-0.15, -0.1) is 0 Å². The largest absolute Gasteiger partial charge is 0.371 e. The van der Waals surface area contributed by atoms with Crippen molar-refractivity contribution in [3.63, 3.8) is 0 Å². The maximum Gasteiger partial charge on any atom is 0.270 e. The average Bonchev–Trinajstić information content (AvgIpc) is 3.06. The lowest BCUT2D eigenvalue weighted by molar-refractivity contribution is -0.0680. The molecule has 4 heteroatoms. The minimum atomic E-state index is -0.911. The minimum Gasteiger partial charge on any atom is -0.371 e. The van der Waals surface area contributed by atoms with Gasteiger partial charge in [0, 0.05) is 12.1 Å². The number of amides is 1. The lowest BCUT2D eigenvalue weighted by Crippen LogP contribution is -2.48. The van der Waals surface area contributed by atoms with Gasteiger partial charge in [0.15, 0.2) is 6.23 Å². The van der Waals surface area contributed by atoms with Gasteiger partial charge in [0.2, 0.25) is 0 Å². The minimum absolute atomic E-state index is 0.0602. The van der Waals surface area contributed by atoms with Crippen LogP contribution < -0.4 is 0 Å². The molecule has 140 valence electrons. The van der Waals surface area contributed by atoms with Crippen molar-refractivity contribution in [2.45, 2.75) is 24.6 Å². The molecule has 0 aromatic heterocycles. The van der Waals surface area contributed by atoms with Gasteiger partial charge in [-0.3, -0.25) is 4.79 Å². The van der Waals surface area contributed by atoms with Crippen molar-refractivity contribution in [1.82, 2.24) is 10.0 Å². The van der Waals surface area contributed by atoms with Crippen LogP contribution in [0.15, 0.2) is 84.9 Å². The van der Waals surface area contributed by atoms with E-state index in [9.17, 15) is 9.90 Å². The van der Waals surface area contributed by atoms with Gasteiger partial charge in [0.25, 0.3) is 5.91 Å². The first-order valence-electron chi connectivity index (χ1n) is 9.71. The molecule has 2 aliphatic heterocycles. The zero-order chi connectivity index (χ0) is 19.1. The molecule has 0 spiro atoms. The number of aliphatic hydroxyl groups excluding tert-OH is 1. The number of benzene rings is 3. The monoisotopic (exact) mass is 370 g/mol. The van der Waals surface area contributed by atoms with E-state index >= 15 is 0 Å². The van der Waals surface area contributed by atoms with E-state index in [1.54, 1.807) is 17.1 Å². The summed E-state index contributed by atoms with van der Waals surface area (Å²) < 4.78 is 0. The summed E-state index contributed by atoms with van der Waals surface area (Å²) in [5.74, 6) is -0.355. The van der Waals surface area contributed by atoms with Crippen molar-refractivity contribution in [3.05, 3.63) is 107 Å². The first kappa shape index (κ1) is 17.2. The van der Waals surface area contributed by atoms with E-state index in [0.717, 1.165) is 12.0 Å². The normalized spacial score (nSPS) is 23.9. The molecule has 2 aliphatic rings. The summed E-state index contributed by atoms with van der Waals surface area (Å²) in [4.78, 5) is 13.3. The van der Waals surface area contributed by atoms with Gasteiger partial charge in [0.05, 0.1) is 12.0 Å². The van der Waals surface area contributed by atoms with Crippen molar-refractivity contribution in [2.75, 3.05) is 6.54 Å². The number of carbonyl (C=O) groups is 1. The first-order chi connectivity index (χ1) is 13.8. The fourth-order valence-corrected chi connectivity index (χ4v) is 4.65. The van der Waals surface area contributed by atoms with Crippen molar-refractivity contribution in [1.29, 1.82) is 0 Å². The molecular formula is C24H22N2O2. The number of aliphatic hydroxyl groups is 1. The van der Waals surface area contributed by atoms with Crippen LogP contribution in [0.25, 0.3) is 0 Å². The van der Waals surface area contributed by atoms with E-state index in [-0.39, 0.29) is 17.9 Å². The number of nitrogens with zero attached hydrogens (tertiary/aromatic N) is 2. The fraction of sp³-hybridized carbons (Fsp3) is 0.208. The molecule has 1 saturated heterocycles. The summed E-state index contributed by atoms with van der Waals surface area (Å²) in [5.41, 5.74) is 4.13. The maximum absolute atomic E-state index is 13.3. The third-order valence-electron chi connectivity index (χ3n) is 5.91. The van der Waals surface area contributed by atoms with Crippen LogP contribution in [-0.4, -0.2) is 33.8 Å². The standard InChI is InChI=1S/C24H22N2O2/c27-23(19-12-5-2-6-13-19)26-24(28)21(18-10-3-1-4-11-18)22-20-14-8-7-9-17(20)15-16-25(22)26/h1-14,21-22,24,28H,15-16H2/t21-,22-,24?/m0/s1. The van der Waals surface area contributed by atoms with Crippen LogP contribution in [0.5, 0.6) is 0 Å². The van der Waals surface area contributed by atoms with Gasteiger partial charge in [0.1, 0.15) is 0 Å². The molecule has 3 aromatic rings. The van der Waals surface area contributed by atoms with E-state index in [1.807, 2.05) is 54.6 Å². The second-order valence-corrected chi connectivity index (χ2v) is 7.42. The Kier molecular flexibility index (Phi) is 4.23. The average molecular weight is 370 g/mol. The number of hydrogen-bond donors (Lipinski definition) is 1. The molecule has 0 aliphatic carbocycles. The van der Waals surface area contributed by atoms with Crippen LogP contribution in [-0.2, 0) is 6.42 Å². The molecule has 1 unspecified atom stereocenters. The van der Waals surface area contributed by atoms with Crippen molar-refractivity contribution in [3.8, 4) is 0 Å². The number of carbonyl (C=O) groups excluding carboxylic acids is 1. The molecule has 5 rings (SSSR count). The maximum atomic E-state index is 13.3. The van der Waals surface area contributed by atoms with E-state index < -0.39 is 6.23 Å². The Hall–Kier alpha value is -2.95. The second-order valence-electron chi connectivity index (χ2n) is 7.42. The molecule has 28 heavy (non-hydrogen) atoms. The van der Waals surface area contributed by atoms with E-state index in [0.29, 0.717) is 12.1 Å². The molecule has 1 fully saturated rings. The van der Waals surface area contributed by atoms with Crippen LogP contribution in [0.4, 0.5) is 0 Å². The van der Waals surface area contributed by atoms with Crippen LogP contribution in [0.2, 0.25) is 0 Å². The third-order valence-corrected chi connectivity index (χ3v) is 5.91. The summed E-state index contributed by atoms with van der Waals surface area (Å²) in [6.07, 6.45) is -0.0503. The predicted octanol–water partition coefficient (Wildman–Crippen LogP) is 3.76. The topological polar surface area (TPSA) is 43.8 Å². The Bertz CT molecular complexity index is 990. The Morgan fingerprint density at radius 1 is 0.857 bits per heavy atom. The molecule has 3 aromatic carbocycles. The molecule has 3 atom stereocenters. The quantitative estimate of drug-likeness (QED) is 0.747. The number of hydrogen-bond acceptors (Lipinski definition) is 3. The van der Waals surface area contributed by atoms with Gasteiger partial charge < -0.3 is 5.11 Å². The number of hydrazine groups is 1. The fourth-order valence-electron chi connectivity index (χ4n) is 4.65. The zero-order valence-corrected chi connectivity index (χ0v) is 15.5. The molecule has 0 saturated carbocycles. The van der Waals surface area contributed by atoms with Crippen molar-refractivity contribution in [2.24, 2.45) is 0 Å². The van der Waals surface area contributed by atoms with E-state index in [2.05, 4.69) is 23.2 Å². The third kappa shape index (κ3) is 2.65. The Labute approximate surface area is 164 Å². The predicted molar refractivity (Wildman–Crippen MR) is 107 cm³/mol. The molecule has 2 heterocycles. The highest BCUT2D eigenvalue weighted by atomic mass is 16.3. The smallest absolute Gasteiger partial charge is 0.270 e. The SMILES string of the molecule is O=C(c1ccccc1)N1C(O)[C@@H](c2ccccc2)[C@@H]2c3ccccc3CCN21. The highest BCUT2D eigenvalue weighted by Gasteiger charge is 2.52. The first-order valence-corrected chi connectivity index (χ1v) is 9.71. The van der Waals surface area contributed by atoms with Gasteiger partial charge in [-0.2, -0.15) is 0 Å². The van der Waals surface area contributed by atoms with Crippen molar-refractivity contribution >= 4 is 5.91 Å². The van der Waals surface area contributed by atoms with Crippen molar-refractivity contribution < 1.29 is 9.90 Å². The zero-order valence-electron chi connectivity index (χ0n) is 15.5. The Morgan fingerprint density at radius 3 is 2.25 bits per heavy atom. The summed E-state index contributed by atoms with van der Waals surface area (Å²) in [5, 5.41) is 15.0. The molecular weight excluding hydrogens is 348 g/mol. The Balaban J connectivity index is 1.63. The van der Waals surface area contributed by atoms with Crippen LogP contribution in [0.1, 0.15) is 39.0 Å². The molecule has 1 N–H and O–H groups in total. The lowest BCUT2D eigenvalue weighted by atomic mass is 9.83. The van der Waals surface area contributed by atoms with Gasteiger partial charge in [-0.25, -0.2) is 10.0 Å². The van der Waals surface area contributed by atoms with Gasteiger partial charge >= 0.3 is 0 Å². The van der Waals surface area contributed by atoms with Gasteiger partial charge in [-0.1, -0.05) is 72.8 Å². The van der Waals surface area contributed by atoms with E-state index in [1.165, 1.54) is 11.1 Å². The second kappa shape index (κ2) is 6.89. The number of fused-ring (bicyclic) bond motifs is 3. The van der Waals surface area contributed by atoms with Gasteiger partial charge in [-0.05, 0) is 35.2 Å². The van der Waals surface area contributed by atoms with Crippen LogP contribution >= 0.6 is 0 Å². The van der Waals surface area contributed by atoms with Crippen LogP contribution in [0, 0.1) is 0 Å². The highest BCUT2D eigenvalue weighted by Crippen LogP contribution is 2.49. The van der Waals surface area contributed by atoms with Crippen LogP contribution in [0.3, 0.4) is 0 Å². The molecule has 4 nitrogen and oxygen atoms in total. The molecule has 1 amide bonds.